The quantitative estimate of drug-likeness (QED) is 0.0997. The van der Waals surface area contributed by atoms with Crippen molar-refractivity contribution in [2.24, 2.45) is 5.92 Å². The molecule has 39 heavy (non-hydrogen) atoms. The van der Waals surface area contributed by atoms with Crippen molar-refractivity contribution in [1.29, 1.82) is 0 Å². The molecule has 0 bridgehead atoms. The van der Waals surface area contributed by atoms with Crippen LogP contribution in [0.4, 0.5) is 0 Å². The zero-order chi connectivity index (χ0) is 32.3. The van der Waals surface area contributed by atoms with Gasteiger partial charge in [0.1, 0.15) is 6.42 Å². The fourth-order valence-electron chi connectivity index (χ4n) is 1.19. The van der Waals surface area contributed by atoms with Gasteiger partial charge in [-0.3, -0.25) is 38.4 Å². The SMILES string of the molecule is CCC(C(=O)O)C(=O)O.O=C(O)C(=O)O.O=C(O)CC(=O)O.O=C(O)CCC(=O)O.O=C(O)CCCC(=O)O. The van der Waals surface area contributed by atoms with Crippen LogP contribution in [0.5, 0.6) is 0 Å². The standard InChI is InChI=1S/2C5H8O4.C4H6O4.C3H4O4.C2H2O4/c1-2-3(4(6)7)5(8)9;6-4(7)2-1-3-5(8)9;5-3(6)1-2-4(7)8;4-2(5)1-3(6)7;3-1(4)2(5)6/h3H,2H2,1H3,(H,6,7)(H,8,9);1-3H2,(H,6,7)(H,8,9);1-2H2,(H,5,6)(H,7,8);1H2,(H,4,5)(H,6,7);(H,3,4)(H,5,6). The fraction of sp³-hybridized carbons (Fsp3) is 0.474. The fourth-order valence-corrected chi connectivity index (χ4v) is 1.19. The van der Waals surface area contributed by atoms with Crippen LogP contribution in [0.1, 0.15) is 51.9 Å². The summed E-state index contributed by atoms with van der Waals surface area (Å²) in [6, 6.07) is 0. The molecular formula is C19H28O20. The van der Waals surface area contributed by atoms with Gasteiger partial charge in [0, 0.05) is 12.8 Å². The Morgan fingerprint density at radius 1 is 0.436 bits per heavy atom. The molecule has 0 amide bonds. The minimum Gasteiger partial charge on any atom is -0.481 e. The third kappa shape index (κ3) is 54.9. The molecule has 0 saturated heterocycles. The van der Waals surface area contributed by atoms with Crippen LogP contribution in [-0.4, -0.2) is 111 Å². The van der Waals surface area contributed by atoms with Gasteiger partial charge in [-0.25, -0.2) is 9.59 Å². The maximum atomic E-state index is 9.99. The predicted molar refractivity (Wildman–Crippen MR) is 118 cm³/mol. The summed E-state index contributed by atoms with van der Waals surface area (Å²) >= 11 is 0. The molecule has 0 aliphatic rings. The van der Waals surface area contributed by atoms with Gasteiger partial charge < -0.3 is 51.1 Å². The van der Waals surface area contributed by atoms with E-state index in [1.807, 2.05) is 0 Å². The topological polar surface area (TPSA) is 373 Å². The third-order valence-electron chi connectivity index (χ3n) is 2.82. The summed E-state index contributed by atoms with van der Waals surface area (Å²) in [6.07, 6.45) is -1.18. The molecule has 0 aliphatic carbocycles. The Morgan fingerprint density at radius 2 is 0.692 bits per heavy atom. The molecule has 10 N–H and O–H groups in total. The van der Waals surface area contributed by atoms with Gasteiger partial charge in [0.2, 0.25) is 0 Å². The highest BCUT2D eigenvalue weighted by molar-refractivity contribution is 6.27. The number of rotatable bonds is 12. The minimum absolute atomic E-state index is 0.0632. The van der Waals surface area contributed by atoms with Crippen LogP contribution in [0, 0.1) is 5.92 Å². The molecule has 20 heteroatoms. The van der Waals surface area contributed by atoms with E-state index < -0.39 is 72.0 Å². The summed E-state index contributed by atoms with van der Waals surface area (Å²) in [7, 11) is 0. The van der Waals surface area contributed by atoms with Crippen LogP contribution in [0.2, 0.25) is 0 Å². The monoisotopic (exact) mass is 576 g/mol. The Hall–Kier alpha value is -5.30. The highest BCUT2D eigenvalue weighted by Gasteiger charge is 2.22. The van der Waals surface area contributed by atoms with Crippen molar-refractivity contribution in [3.8, 4) is 0 Å². The van der Waals surface area contributed by atoms with Gasteiger partial charge in [-0.15, -0.1) is 0 Å². The van der Waals surface area contributed by atoms with Gasteiger partial charge in [0.15, 0.2) is 5.92 Å². The first-order valence-electron chi connectivity index (χ1n) is 9.84. The number of hydrogen-bond acceptors (Lipinski definition) is 10. The molecule has 20 nitrogen and oxygen atoms in total. The molecule has 0 radical (unpaired) electrons. The van der Waals surface area contributed by atoms with Crippen LogP contribution in [0.25, 0.3) is 0 Å². The molecule has 0 aliphatic heterocycles. The van der Waals surface area contributed by atoms with Crippen LogP contribution in [-0.2, 0) is 47.9 Å². The van der Waals surface area contributed by atoms with Gasteiger partial charge in [0.05, 0.1) is 12.8 Å². The zero-order valence-corrected chi connectivity index (χ0v) is 20.1. The van der Waals surface area contributed by atoms with Crippen molar-refractivity contribution in [1.82, 2.24) is 0 Å². The van der Waals surface area contributed by atoms with Crippen molar-refractivity contribution in [3.05, 3.63) is 0 Å². The Bertz CT molecular complexity index is 791. The van der Waals surface area contributed by atoms with Crippen LogP contribution >= 0.6 is 0 Å². The smallest absolute Gasteiger partial charge is 0.414 e. The number of carboxylic acids is 10. The van der Waals surface area contributed by atoms with E-state index in [9.17, 15) is 38.4 Å². The molecule has 0 fully saturated rings. The Labute approximate surface area is 217 Å². The van der Waals surface area contributed by atoms with Gasteiger partial charge in [-0.2, -0.15) is 0 Å². The summed E-state index contributed by atoms with van der Waals surface area (Å²) in [4.78, 5) is 95.9. The lowest BCUT2D eigenvalue weighted by atomic mass is 10.1. The van der Waals surface area contributed by atoms with Gasteiger partial charge in [0.25, 0.3) is 0 Å². The predicted octanol–water partition coefficient (Wildman–Crippen LogP) is -0.855. The highest BCUT2D eigenvalue weighted by atomic mass is 16.4. The first-order chi connectivity index (χ1) is 17.6. The van der Waals surface area contributed by atoms with E-state index >= 15 is 0 Å². The minimum atomic E-state index is -1.82. The molecule has 0 saturated carbocycles. The molecule has 0 heterocycles. The molecule has 0 aromatic carbocycles. The lowest BCUT2D eigenvalue weighted by Crippen LogP contribution is -2.21. The van der Waals surface area contributed by atoms with Crippen molar-refractivity contribution >= 4 is 59.7 Å². The average Bonchev–Trinajstić information content (AvgIpc) is 2.72. The molecule has 0 atom stereocenters. The van der Waals surface area contributed by atoms with E-state index in [0.717, 1.165) is 0 Å². The number of aliphatic carboxylic acids is 10. The highest BCUT2D eigenvalue weighted by Crippen LogP contribution is 2.01. The molecule has 0 aromatic rings. The van der Waals surface area contributed by atoms with E-state index in [1.54, 1.807) is 0 Å². The average molecular weight is 576 g/mol. The molecule has 0 aromatic heterocycles. The Balaban J connectivity index is -0.000000124. The third-order valence-corrected chi connectivity index (χ3v) is 2.82. The lowest BCUT2D eigenvalue weighted by Gasteiger charge is -2.00. The second-order valence-electron chi connectivity index (χ2n) is 6.14. The molecule has 0 rings (SSSR count). The van der Waals surface area contributed by atoms with Crippen molar-refractivity contribution in [3.63, 3.8) is 0 Å². The van der Waals surface area contributed by atoms with E-state index in [4.69, 9.17) is 60.7 Å². The van der Waals surface area contributed by atoms with Crippen molar-refractivity contribution in [2.45, 2.75) is 51.9 Å². The molecule has 224 valence electrons. The molecule has 0 spiro atoms. The Kier molecular flexibility index (Phi) is 30.6. The van der Waals surface area contributed by atoms with Gasteiger partial charge in [-0.05, 0) is 12.8 Å². The normalized spacial score (nSPS) is 8.56. The maximum Gasteiger partial charge on any atom is 0.414 e. The van der Waals surface area contributed by atoms with Gasteiger partial charge in [-0.1, -0.05) is 6.92 Å². The zero-order valence-electron chi connectivity index (χ0n) is 20.1. The van der Waals surface area contributed by atoms with Crippen LogP contribution in [0.3, 0.4) is 0 Å². The summed E-state index contributed by atoms with van der Waals surface area (Å²) in [5.41, 5.74) is 0. The Morgan fingerprint density at radius 3 is 0.769 bits per heavy atom. The summed E-state index contributed by atoms with van der Waals surface area (Å²) in [6.45, 7) is 1.52. The summed E-state index contributed by atoms with van der Waals surface area (Å²) in [5.74, 6) is -14.1. The largest absolute Gasteiger partial charge is 0.481 e. The van der Waals surface area contributed by atoms with E-state index in [2.05, 4.69) is 0 Å². The maximum absolute atomic E-state index is 9.99. The molecule has 0 unspecified atom stereocenters. The summed E-state index contributed by atoms with van der Waals surface area (Å²) < 4.78 is 0. The van der Waals surface area contributed by atoms with E-state index in [-0.39, 0.29) is 38.5 Å². The van der Waals surface area contributed by atoms with E-state index in [1.165, 1.54) is 6.92 Å². The first kappa shape index (κ1) is 43.7. The molecular weight excluding hydrogens is 548 g/mol. The summed E-state index contributed by atoms with van der Waals surface area (Å²) in [5, 5.41) is 78.4. The number of carboxylic acid groups (broad SMARTS) is 10. The first-order valence-corrected chi connectivity index (χ1v) is 9.84. The number of hydrogen-bond donors (Lipinski definition) is 10. The van der Waals surface area contributed by atoms with Gasteiger partial charge >= 0.3 is 59.7 Å². The van der Waals surface area contributed by atoms with E-state index in [0.29, 0.717) is 0 Å². The lowest BCUT2D eigenvalue weighted by molar-refractivity contribution is -0.159. The second-order valence-corrected chi connectivity index (χ2v) is 6.14. The number of carbonyl (C=O) groups is 10. The second kappa shape index (κ2) is 27.3. The van der Waals surface area contributed by atoms with Crippen molar-refractivity contribution in [2.75, 3.05) is 0 Å². The van der Waals surface area contributed by atoms with Crippen LogP contribution in [0.15, 0.2) is 0 Å². The van der Waals surface area contributed by atoms with Crippen LogP contribution < -0.4 is 0 Å². The van der Waals surface area contributed by atoms with Crippen molar-refractivity contribution < 1.29 is 99.0 Å².